The third-order valence-electron chi connectivity index (χ3n) is 4.26. The molecule has 0 aromatic carbocycles. The van der Waals surface area contributed by atoms with Gasteiger partial charge in [0.1, 0.15) is 6.04 Å². The number of carbonyl (C=O) groups excluding carboxylic acids is 2. The molecule has 0 bridgehead atoms. The van der Waals surface area contributed by atoms with Crippen LogP contribution in [0, 0.1) is 0 Å². The molecule has 0 aliphatic carbocycles. The molecule has 1 atom stereocenters. The van der Waals surface area contributed by atoms with E-state index in [9.17, 15) is 9.59 Å². The zero-order valence-corrected chi connectivity index (χ0v) is 13.6. The van der Waals surface area contributed by atoms with E-state index in [1.807, 2.05) is 4.90 Å². The number of hydrogen-bond acceptors (Lipinski definition) is 4. The van der Waals surface area contributed by atoms with Crippen molar-refractivity contribution in [2.45, 2.75) is 19.0 Å². The summed E-state index contributed by atoms with van der Waals surface area (Å²) in [7, 11) is 1.72. The van der Waals surface area contributed by atoms with Crippen LogP contribution in [0.4, 0.5) is 4.79 Å². The number of urea groups is 1. The predicted octanol–water partition coefficient (Wildman–Crippen LogP) is 0.806. The predicted molar refractivity (Wildman–Crippen MR) is 85.7 cm³/mol. The van der Waals surface area contributed by atoms with Crippen molar-refractivity contribution in [2.75, 3.05) is 39.8 Å². The van der Waals surface area contributed by atoms with Gasteiger partial charge in [0.2, 0.25) is 5.91 Å². The number of nitrogens with one attached hydrogen (secondary N) is 1. The Bertz CT molecular complexity index is 534. The first-order valence-electron chi connectivity index (χ1n) is 7.68. The first-order valence-corrected chi connectivity index (χ1v) is 8.56. The number of nitrogens with zero attached hydrogens (tertiary/aromatic N) is 3. The summed E-state index contributed by atoms with van der Waals surface area (Å²) >= 11 is 1.78. The van der Waals surface area contributed by atoms with Gasteiger partial charge in [-0.2, -0.15) is 0 Å². The van der Waals surface area contributed by atoms with Crippen LogP contribution in [0.25, 0.3) is 0 Å². The second kappa shape index (κ2) is 6.66. The number of thiophene rings is 1. The third-order valence-corrected chi connectivity index (χ3v) is 5.12. The molecule has 7 heteroatoms. The number of amides is 3. The van der Waals surface area contributed by atoms with E-state index in [-0.39, 0.29) is 18.0 Å². The van der Waals surface area contributed by atoms with Crippen molar-refractivity contribution in [3.63, 3.8) is 0 Å². The van der Waals surface area contributed by atoms with Gasteiger partial charge in [-0.15, -0.1) is 11.3 Å². The van der Waals surface area contributed by atoms with Crippen LogP contribution in [-0.2, 0) is 11.3 Å². The van der Waals surface area contributed by atoms with Crippen LogP contribution in [0.1, 0.15) is 11.3 Å². The van der Waals surface area contributed by atoms with Gasteiger partial charge >= 0.3 is 6.03 Å². The fourth-order valence-electron chi connectivity index (χ4n) is 2.99. The maximum absolute atomic E-state index is 12.5. The number of likely N-dealkylation sites (N-methyl/N-ethyl adjacent to an activating group) is 1. The summed E-state index contributed by atoms with van der Waals surface area (Å²) in [5.74, 6) is 0.0515. The van der Waals surface area contributed by atoms with Crippen molar-refractivity contribution < 1.29 is 9.59 Å². The first kappa shape index (κ1) is 15.3. The molecule has 1 aromatic heterocycles. The van der Waals surface area contributed by atoms with Crippen LogP contribution in [0.2, 0.25) is 0 Å². The fourth-order valence-corrected chi connectivity index (χ4v) is 3.74. The Morgan fingerprint density at radius 3 is 2.91 bits per heavy atom. The van der Waals surface area contributed by atoms with Crippen molar-refractivity contribution >= 4 is 23.3 Å². The van der Waals surface area contributed by atoms with Crippen molar-refractivity contribution in [2.24, 2.45) is 0 Å². The van der Waals surface area contributed by atoms with Gasteiger partial charge in [-0.1, -0.05) is 6.07 Å². The normalized spacial score (nSPS) is 23.5. The standard InChI is InChI=1S/C15H22N4O2S/c1-17-11-13(16-15(17)21)14(20)19-6-3-5-18(7-8-19)10-12-4-2-9-22-12/h2,4,9,13H,3,5-8,10-11H2,1H3,(H,16,21)/t13-/m0/s1. The van der Waals surface area contributed by atoms with Crippen LogP contribution in [-0.4, -0.2) is 72.5 Å². The zero-order valence-electron chi connectivity index (χ0n) is 12.8. The van der Waals surface area contributed by atoms with Crippen molar-refractivity contribution in [1.82, 2.24) is 20.0 Å². The second-order valence-electron chi connectivity index (χ2n) is 5.92. The Labute approximate surface area is 134 Å². The molecule has 2 fully saturated rings. The highest BCUT2D eigenvalue weighted by molar-refractivity contribution is 7.09. The van der Waals surface area contributed by atoms with E-state index < -0.39 is 0 Å². The van der Waals surface area contributed by atoms with Crippen LogP contribution in [0.5, 0.6) is 0 Å². The average molecular weight is 322 g/mol. The number of rotatable bonds is 3. The topological polar surface area (TPSA) is 55.9 Å². The molecule has 120 valence electrons. The maximum Gasteiger partial charge on any atom is 0.317 e. The van der Waals surface area contributed by atoms with Gasteiger partial charge in [0.25, 0.3) is 0 Å². The van der Waals surface area contributed by atoms with Gasteiger partial charge in [-0.25, -0.2) is 4.79 Å². The molecule has 2 aliphatic rings. The van der Waals surface area contributed by atoms with E-state index in [0.717, 1.165) is 39.1 Å². The molecule has 0 radical (unpaired) electrons. The molecule has 0 unspecified atom stereocenters. The Kier molecular flexibility index (Phi) is 4.63. The molecular formula is C15H22N4O2S. The lowest BCUT2D eigenvalue weighted by Crippen LogP contribution is -2.46. The smallest absolute Gasteiger partial charge is 0.317 e. The fraction of sp³-hybridized carbons (Fsp3) is 0.600. The number of hydrogen-bond donors (Lipinski definition) is 1. The summed E-state index contributed by atoms with van der Waals surface area (Å²) in [5.41, 5.74) is 0. The molecular weight excluding hydrogens is 300 g/mol. The van der Waals surface area contributed by atoms with Crippen molar-refractivity contribution in [3.8, 4) is 0 Å². The van der Waals surface area contributed by atoms with E-state index >= 15 is 0 Å². The van der Waals surface area contributed by atoms with E-state index in [4.69, 9.17) is 0 Å². The number of carbonyl (C=O) groups is 2. The molecule has 2 saturated heterocycles. The SMILES string of the molecule is CN1C[C@@H](C(=O)N2CCCN(Cc3cccs3)CC2)NC1=O. The van der Waals surface area contributed by atoms with E-state index in [1.165, 1.54) is 4.88 Å². The minimum absolute atomic E-state index is 0.0515. The lowest BCUT2D eigenvalue weighted by molar-refractivity contribution is -0.132. The summed E-state index contributed by atoms with van der Waals surface area (Å²) in [6, 6.07) is 3.68. The van der Waals surface area contributed by atoms with Gasteiger partial charge < -0.3 is 15.1 Å². The van der Waals surface area contributed by atoms with Crippen molar-refractivity contribution in [3.05, 3.63) is 22.4 Å². The monoisotopic (exact) mass is 322 g/mol. The molecule has 1 aromatic rings. The lowest BCUT2D eigenvalue weighted by atomic mass is 10.2. The van der Waals surface area contributed by atoms with Gasteiger partial charge in [0.15, 0.2) is 0 Å². The van der Waals surface area contributed by atoms with Gasteiger partial charge in [-0.05, 0) is 17.9 Å². The van der Waals surface area contributed by atoms with Crippen LogP contribution in [0.3, 0.4) is 0 Å². The van der Waals surface area contributed by atoms with E-state index in [2.05, 4.69) is 27.7 Å². The highest BCUT2D eigenvalue weighted by Gasteiger charge is 2.34. The van der Waals surface area contributed by atoms with Crippen LogP contribution >= 0.6 is 11.3 Å². The lowest BCUT2D eigenvalue weighted by Gasteiger charge is -2.24. The minimum Gasteiger partial charge on any atom is -0.340 e. The highest BCUT2D eigenvalue weighted by Crippen LogP contribution is 2.14. The van der Waals surface area contributed by atoms with E-state index in [0.29, 0.717) is 6.54 Å². The van der Waals surface area contributed by atoms with Crippen molar-refractivity contribution in [1.29, 1.82) is 0 Å². The highest BCUT2D eigenvalue weighted by atomic mass is 32.1. The second-order valence-corrected chi connectivity index (χ2v) is 6.95. The molecule has 2 aliphatic heterocycles. The summed E-state index contributed by atoms with van der Waals surface area (Å²) in [6.45, 7) is 4.84. The Hall–Kier alpha value is -1.60. The largest absolute Gasteiger partial charge is 0.340 e. The minimum atomic E-state index is -0.388. The molecule has 1 N–H and O–H groups in total. The molecule has 22 heavy (non-hydrogen) atoms. The molecule has 3 rings (SSSR count). The summed E-state index contributed by atoms with van der Waals surface area (Å²) in [5, 5.41) is 4.85. The maximum atomic E-state index is 12.5. The molecule has 6 nitrogen and oxygen atoms in total. The van der Waals surface area contributed by atoms with Crippen LogP contribution < -0.4 is 5.32 Å². The summed E-state index contributed by atoms with van der Waals surface area (Å²) in [4.78, 5) is 31.3. The van der Waals surface area contributed by atoms with Crippen LogP contribution in [0.15, 0.2) is 17.5 Å². The Balaban J connectivity index is 1.54. The third kappa shape index (κ3) is 3.41. The Morgan fingerprint density at radius 1 is 1.36 bits per heavy atom. The molecule has 3 amide bonds. The van der Waals surface area contributed by atoms with Gasteiger partial charge in [0, 0.05) is 44.6 Å². The molecule has 0 saturated carbocycles. The molecule has 0 spiro atoms. The quantitative estimate of drug-likeness (QED) is 0.896. The summed E-state index contributed by atoms with van der Waals surface area (Å²) < 4.78 is 0. The van der Waals surface area contributed by atoms with Gasteiger partial charge in [0.05, 0.1) is 6.54 Å². The van der Waals surface area contributed by atoms with E-state index in [1.54, 1.807) is 23.3 Å². The Morgan fingerprint density at radius 2 is 2.23 bits per heavy atom. The van der Waals surface area contributed by atoms with Gasteiger partial charge in [-0.3, -0.25) is 9.69 Å². The molecule has 3 heterocycles. The first-order chi connectivity index (χ1) is 10.6. The summed E-state index contributed by atoms with van der Waals surface area (Å²) in [6.07, 6.45) is 0.980. The zero-order chi connectivity index (χ0) is 15.5. The average Bonchev–Trinajstić information content (AvgIpc) is 3.04.